The summed E-state index contributed by atoms with van der Waals surface area (Å²) in [5.74, 6) is 0.558. The van der Waals surface area contributed by atoms with E-state index in [0.29, 0.717) is 5.95 Å². The maximum Gasteiger partial charge on any atom is 0.291 e. The van der Waals surface area contributed by atoms with Crippen molar-refractivity contribution in [2.24, 2.45) is 0 Å². The Hall–Kier alpha value is -3.10. The zero-order valence-electron chi connectivity index (χ0n) is 19.0. The Labute approximate surface area is 201 Å². The van der Waals surface area contributed by atoms with E-state index in [4.69, 9.17) is 4.42 Å². The molecule has 0 aliphatic heterocycles. The minimum absolute atomic E-state index is 0.245. The number of thioether (sulfide) groups is 1. The first-order chi connectivity index (χ1) is 16.0. The van der Waals surface area contributed by atoms with E-state index < -0.39 is 0 Å². The van der Waals surface area contributed by atoms with Crippen LogP contribution < -0.4 is 10.6 Å². The highest BCUT2D eigenvalue weighted by molar-refractivity contribution is 7.98. The number of aromatic nitrogens is 2. The topological polar surface area (TPSA) is 80.0 Å². The van der Waals surface area contributed by atoms with Crippen LogP contribution in [0.4, 0.5) is 10.9 Å². The summed E-state index contributed by atoms with van der Waals surface area (Å²) in [6.07, 6.45) is 4.42. The molecule has 33 heavy (non-hydrogen) atoms. The summed E-state index contributed by atoms with van der Waals surface area (Å²) in [6.45, 7) is 6.02. The summed E-state index contributed by atoms with van der Waals surface area (Å²) < 4.78 is 5.29. The number of thiophene rings is 1. The Balaban J connectivity index is 1.77. The van der Waals surface area contributed by atoms with E-state index in [2.05, 4.69) is 64.1 Å². The number of aryl methyl sites for hydroxylation is 3. The van der Waals surface area contributed by atoms with Crippen molar-refractivity contribution in [2.75, 3.05) is 16.9 Å². The summed E-state index contributed by atoms with van der Waals surface area (Å²) in [4.78, 5) is 24.3. The van der Waals surface area contributed by atoms with Crippen molar-refractivity contribution in [3.8, 4) is 0 Å². The van der Waals surface area contributed by atoms with E-state index in [1.165, 1.54) is 16.0 Å². The van der Waals surface area contributed by atoms with Gasteiger partial charge >= 0.3 is 0 Å². The Kier molecular flexibility index (Phi) is 7.15. The molecule has 1 atom stereocenters. The zero-order valence-corrected chi connectivity index (χ0v) is 20.6. The summed E-state index contributed by atoms with van der Waals surface area (Å²) in [6, 6.07) is 15.6. The summed E-state index contributed by atoms with van der Waals surface area (Å²) in [5, 5.41) is 7.35. The first-order valence-corrected chi connectivity index (χ1v) is 12.7. The van der Waals surface area contributed by atoms with Crippen LogP contribution in [0.15, 0.2) is 64.1 Å². The van der Waals surface area contributed by atoms with Crippen molar-refractivity contribution in [3.63, 3.8) is 0 Å². The molecular formula is C25H26N4O2S2. The number of hydrogen-bond donors (Lipinski definition) is 2. The lowest BCUT2D eigenvalue weighted by atomic mass is 10.00. The van der Waals surface area contributed by atoms with Crippen molar-refractivity contribution < 1.29 is 9.21 Å². The molecule has 0 spiro atoms. The van der Waals surface area contributed by atoms with Crippen LogP contribution in [-0.4, -0.2) is 22.1 Å². The lowest BCUT2D eigenvalue weighted by Gasteiger charge is -2.21. The van der Waals surface area contributed by atoms with Gasteiger partial charge < -0.3 is 15.1 Å². The van der Waals surface area contributed by atoms with Crippen molar-refractivity contribution in [3.05, 3.63) is 87.9 Å². The number of hydrogen-bond acceptors (Lipinski definition) is 7. The largest absolute Gasteiger partial charge is 0.459 e. The molecule has 3 aromatic heterocycles. The minimum Gasteiger partial charge on any atom is -0.459 e. The average Bonchev–Trinajstić information content (AvgIpc) is 3.47. The predicted octanol–water partition coefficient (Wildman–Crippen LogP) is 6.49. The molecule has 3 heterocycles. The molecule has 4 rings (SSSR count). The number of nitrogens with zero attached hydrogens (tertiary/aromatic N) is 2. The monoisotopic (exact) mass is 478 g/mol. The number of furan rings is 1. The predicted molar refractivity (Wildman–Crippen MR) is 136 cm³/mol. The van der Waals surface area contributed by atoms with Gasteiger partial charge in [0.1, 0.15) is 5.00 Å². The van der Waals surface area contributed by atoms with E-state index in [9.17, 15) is 4.79 Å². The van der Waals surface area contributed by atoms with Crippen LogP contribution in [0.2, 0.25) is 0 Å². The van der Waals surface area contributed by atoms with Gasteiger partial charge in [0.25, 0.3) is 5.91 Å². The third-order valence-electron chi connectivity index (χ3n) is 5.15. The summed E-state index contributed by atoms with van der Waals surface area (Å²) >= 11 is 3.27. The fourth-order valence-electron chi connectivity index (χ4n) is 3.57. The Morgan fingerprint density at radius 3 is 2.45 bits per heavy atom. The molecule has 0 bridgehead atoms. The lowest BCUT2D eigenvalue weighted by molar-refractivity contribution is 0.0997. The molecule has 0 unspecified atom stereocenters. The molecule has 2 N–H and O–H groups in total. The van der Waals surface area contributed by atoms with Gasteiger partial charge in [0.2, 0.25) is 5.95 Å². The second-order valence-electron chi connectivity index (χ2n) is 7.61. The Morgan fingerprint density at radius 2 is 1.85 bits per heavy atom. The number of carbonyl (C=O) groups is 1. The molecule has 8 heteroatoms. The van der Waals surface area contributed by atoms with Gasteiger partial charge in [-0.3, -0.25) is 4.79 Å². The van der Waals surface area contributed by atoms with Crippen molar-refractivity contribution in [2.45, 2.75) is 38.1 Å². The maximum absolute atomic E-state index is 12.8. The van der Waals surface area contributed by atoms with Crippen LogP contribution in [0, 0.1) is 13.8 Å². The molecule has 1 amide bonds. The standard InChI is InChI=1S/C25H26N4O2S2/c1-5-18-14-20(24(33-18)29-23(30)21-7-6-12-31-21)22(17-8-10-19(32-4)11-9-17)28-25-26-15(2)13-16(3)27-25/h6-14,22H,5H2,1-4H3,(H,29,30)(H,26,27,28)/t22-/m1/s1. The molecule has 0 radical (unpaired) electrons. The number of nitrogens with one attached hydrogen (secondary N) is 2. The quantitative estimate of drug-likeness (QED) is 0.282. The van der Waals surface area contributed by atoms with Crippen LogP contribution >= 0.6 is 23.1 Å². The van der Waals surface area contributed by atoms with Gasteiger partial charge in [-0.15, -0.1) is 23.1 Å². The fourth-order valence-corrected chi connectivity index (χ4v) is 5.01. The van der Waals surface area contributed by atoms with Gasteiger partial charge in [0.15, 0.2) is 5.76 Å². The average molecular weight is 479 g/mol. The number of anilines is 2. The molecular weight excluding hydrogens is 452 g/mol. The smallest absolute Gasteiger partial charge is 0.291 e. The second kappa shape index (κ2) is 10.2. The van der Waals surface area contributed by atoms with E-state index >= 15 is 0 Å². The third-order valence-corrected chi connectivity index (χ3v) is 7.10. The highest BCUT2D eigenvalue weighted by Crippen LogP contribution is 2.38. The summed E-state index contributed by atoms with van der Waals surface area (Å²) in [5.41, 5.74) is 3.82. The van der Waals surface area contributed by atoms with Crippen molar-refractivity contribution in [1.82, 2.24) is 9.97 Å². The molecule has 0 aliphatic rings. The highest BCUT2D eigenvalue weighted by atomic mass is 32.2. The number of carbonyl (C=O) groups excluding carboxylic acids is 1. The second-order valence-corrected chi connectivity index (χ2v) is 9.62. The van der Waals surface area contributed by atoms with E-state index in [-0.39, 0.29) is 17.7 Å². The van der Waals surface area contributed by atoms with Crippen LogP contribution in [0.1, 0.15) is 50.9 Å². The SMILES string of the molecule is CCc1cc([C@H](Nc2nc(C)cc(C)n2)c2ccc(SC)cc2)c(NC(=O)c2ccco2)s1. The molecule has 0 fully saturated rings. The molecule has 1 aromatic carbocycles. The summed E-state index contributed by atoms with van der Waals surface area (Å²) in [7, 11) is 0. The van der Waals surface area contributed by atoms with Gasteiger partial charge in [0.05, 0.1) is 12.3 Å². The molecule has 0 aliphatic carbocycles. The van der Waals surface area contributed by atoms with Crippen LogP contribution in [0.25, 0.3) is 0 Å². The Bertz CT molecular complexity index is 1210. The zero-order chi connectivity index (χ0) is 23.4. The van der Waals surface area contributed by atoms with E-state index in [0.717, 1.165) is 33.9 Å². The lowest BCUT2D eigenvalue weighted by Crippen LogP contribution is -2.17. The van der Waals surface area contributed by atoms with Crippen molar-refractivity contribution >= 4 is 40.0 Å². The van der Waals surface area contributed by atoms with Gasteiger partial charge in [-0.25, -0.2) is 9.97 Å². The van der Waals surface area contributed by atoms with E-state index in [1.807, 2.05) is 19.9 Å². The molecule has 4 aromatic rings. The minimum atomic E-state index is -0.273. The molecule has 6 nitrogen and oxygen atoms in total. The van der Waals surface area contributed by atoms with Crippen molar-refractivity contribution in [1.29, 1.82) is 0 Å². The van der Waals surface area contributed by atoms with Gasteiger partial charge in [0, 0.05) is 26.7 Å². The third kappa shape index (κ3) is 5.46. The van der Waals surface area contributed by atoms with Gasteiger partial charge in [-0.2, -0.15) is 0 Å². The fraction of sp³-hybridized carbons (Fsp3) is 0.240. The molecule has 0 saturated heterocycles. The number of amides is 1. The van der Waals surface area contributed by atoms with Crippen LogP contribution in [0.3, 0.4) is 0 Å². The Morgan fingerprint density at radius 1 is 1.12 bits per heavy atom. The maximum atomic E-state index is 12.8. The van der Waals surface area contributed by atoms with Crippen LogP contribution in [-0.2, 0) is 6.42 Å². The van der Waals surface area contributed by atoms with Crippen LogP contribution in [0.5, 0.6) is 0 Å². The van der Waals surface area contributed by atoms with Gasteiger partial charge in [-0.1, -0.05) is 19.1 Å². The molecule has 170 valence electrons. The molecule has 0 saturated carbocycles. The first-order valence-electron chi connectivity index (χ1n) is 10.7. The normalized spacial score (nSPS) is 11.9. The van der Waals surface area contributed by atoms with E-state index in [1.54, 1.807) is 35.2 Å². The highest BCUT2D eigenvalue weighted by Gasteiger charge is 2.24. The van der Waals surface area contributed by atoms with Gasteiger partial charge in [-0.05, 0) is 68.5 Å². The number of rotatable bonds is 8. The first kappa shape index (κ1) is 23.1. The number of benzene rings is 1.